The lowest BCUT2D eigenvalue weighted by atomic mass is 10.1. The fraction of sp³-hybridized carbons (Fsp3) is 0.0952. The molecule has 4 N–H and O–H groups in total. The number of benzene rings is 1. The number of aromatic nitrogens is 3. The van der Waals surface area contributed by atoms with Crippen LogP contribution >= 0.6 is 11.3 Å². The molecule has 168 valence electrons. The molecule has 0 fully saturated rings. The molecule has 0 radical (unpaired) electrons. The molecule has 0 saturated carbocycles. The minimum absolute atomic E-state index is 0.0177. The van der Waals surface area contributed by atoms with Gasteiger partial charge in [0.1, 0.15) is 21.8 Å². The number of hydrogen-bond donors (Lipinski definition) is 4. The predicted octanol–water partition coefficient (Wildman–Crippen LogP) is 2.38. The van der Waals surface area contributed by atoms with Gasteiger partial charge in [0.05, 0.1) is 26.6 Å². The van der Waals surface area contributed by atoms with Crippen molar-refractivity contribution in [1.82, 2.24) is 20.3 Å². The van der Waals surface area contributed by atoms with Crippen LogP contribution in [0.3, 0.4) is 0 Å². The number of fused-ring (bicyclic) bond motifs is 2. The minimum Gasteiger partial charge on any atom is -0.482 e. The number of carbonyl (C=O) groups is 2. The maximum Gasteiger partial charge on any atom is 0.272 e. The zero-order chi connectivity index (χ0) is 23.0. The molecule has 2 amide bonds. The van der Waals surface area contributed by atoms with Gasteiger partial charge in [0.15, 0.2) is 12.3 Å². The standard InChI is InChI=1S/C21H18N6O4S2/c1-33(30,17-3-2-6-32-17)27-14-9-22-19-18(14)24-11-25-20(19)21(29)23-8-12-4-5-15-13(7-12)26-16(28)10-31-15/h2-7,9,11,22H,1,8,10H2,(H,23,29)(H,26,28)(H,27,30). The summed E-state index contributed by atoms with van der Waals surface area (Å²) in [5.74, 6) is 3.74. The van der Waals surface area contributed by atoms with Gasteiger partial charge in [0.25, 0.3) is 11.8 Å². The van der Waals surface area contributed by atoms with E-state index in [0.29, 0.717) is 32.4 Å². The van der Waals surface area contributed by atoms with Crippen LogP contribution in [-0.4, -0.2) is 43.5 Å². The van der Waals surface area contributed by atoms with Gasteiger partial charge in [-0.15, -0.1) is 11.3 Å². The number of rotatable bonds is 6. The van der Waals surface area contributed by atoms with E-state index in [-0.39, 0.29) is 24.8 Å². The van der Waals surface area contributed by atoms with Gasteiger partial charge in [-0.3, -0.25) is 9.59 Å². The molecule has 5 rings (SSSR count). The third kappa shape index (κ3) is 4.13. The first-order chi connectivity index (χ1) is 15.9. The summed E-state index contributed by atoms with van der Waals surface area (Å²) in [6.45, 7) is 0.195. The van der Waals surface area contributed by atoms with Crippen LogP contribution in [0.15, 0.2) is 52.4 Å². The van der Waals surface area contributed by atoms with Crippen molar-refractivity contribution in [2.24, 2.45) is 0 Å². The first-order valence-corrected chi connectivity index (χ1v) is 12.4. The highest BCUT2D eigenvalue weighted by Crippen LogP contribution is 2.29. The Hall–Kier alpha value is -3.90. The Morgan fingerprint density at radius 1 is 1.30 bits per heavy atom. The molecule has 1 aliphatic heterocycles. The molecule has 0 spiro atoms. The fourth-order valence-electron chi connectivity index (χ4n) is 3.37. The van der Waals surface area contributed by atoms with Crippen LogP contribution in [0.4, 0.5) is 11.4 Å². The van der Waals surface area contributed by atoms with Crippen LogP contribution < -0.4 is 20.1 Å². The largest absolute Gasteiger partial charge is 0.482 e. The Bertz CT molecular complexity index is 1480. The van der Waals surface area contributed by atoms with E-state index < -0.39 is 15.6 Å². The van der Waals surface area contributed by atoms with Gasteiger partial charge in [-0.1, -0.05) is 12.1 Å². The van der Waals surface area contributed by atoms with Crippen molar-refractivity contribution in [1.29, 1.82) is 0 Å². The SMILES string of the molecule is C=S(=O)(Nc1c[nH]c2c(C(=O)NCc3ccc4c(c3)NC(=O)CO4)ncnc12)c1cccs1. The number of nitrogens with one attached hydrogen (secondary N) is 4. The normalized spacial score (nSPS) is 14.6. The number of aromatic amines is 1. The Balaban J connectivity index is 1.34. The lowest BCUT2D eigenvalue weighted by molar-refractivity contribution is -0.118. The summed E-state index contributed by atoms with van der Waals surface area (Å²) in [7, 11) is -2.77. The fourth-order valence-corrected chi connectivity index (χ4v) is 5.65. The summed E-state index contributed by atoms with van der Waals surface area (Å²) in [6.07, 6.45) is 2.86. The number of anilines is 2. The number of ether oxygens (including phenoxy) is 1. The maximum absolute atomic E-state index is 13.0. The second-order valence-electron chi connectivity index (χ2n) is 7.21. The molecule has 4 heterocycles. The van der Waals surface area contributed by atoms with Gasteiger partial charge in [0.2, 0.25) is 0 Å². The quantitative estimate of drug-likeness (QED) is 0.311. The Morgan fingerprint density at radius 3 is 3.00 bits per heavy atom. The van der Waals surface area contributed by atoms with Gasteiger partial charge in [-0.05, 0) is 35.0 Å². The number of nitrogens with zero attached hydrogens (tertiary/aromatic N) is 2. The number of amides is 2. The highest BCUT2D eigenvalue weighted by atomic mass is 32.2. The van der Waals surface area contributed by atoms with Crippen LogP contribution in [0.1, 0.15) is 16.1 Å². The highest BCUT2D eigenvalue weighted by molar-refractivity contribution is 8.03. The van der Waals surface area contributed by atoms with E-state index in [4.69, 9.17) is 4.74 Å². The lowest BCUT2D eigenvalue weighted by Crippen LogP contribution is -2.26. The maximum atomic E-state index is 13.0. The molecule has 3 aromatic heterocycles. The number of thiophene rings is 1. The molecule has 0 aliphatic carbocycles. The summed E-state index contributed by atoms with van der Waals surface area (Å²) in [5.41, 5.74) is 2.78. The Morgan fingerprint density at radius 2 is 2.18 bits per heavy atom. The van der Waals surface area contributed by atoms with Crippen molar-refractivity contribution >= 4 is 61.1 Å². The van der Waals surface area contributed by atoms with E-state index in [1.165, 1.54) is 17.7 Å². The predicted molar refractivity (Wildman–Crippen MR) is 127 cm³/mol. The van der Waals surface area contributed by atoms with E-state index in [2.05, 4.69) is 36.2 Å². The van der Waals surface area contributed by atoms with Gasteiger partial charge >= 0.3 is 0 Å². The molecule has 12 heteroatoms. The van der Waals surface area contributed by atoms with E-state index in [0.717, 1.165) is 5.56 Å². The first-order valence-electron chi connectivity index (χ1n) is 9.75. The summed E-state index contributed by atoms with van der Waals surface area (Å²) < 4.78 is 21.9. The third-order valence-electron chi connectivity index (χ3n) is 4.90. The molecule has 33 heavy (non-hydrogen) atoms. The Labute approximate surface area is 192 Å². The summed E-state index contributed by atoms with van der Waals surface area (Å²) in [4.78, 5) is 35.7. The zero-order valence-electron chi connectivity index (χ0n) is 17.1. The summed E-state index contributed by atoms with van der Waals surface area (Å²) >= 11 is 1.34. The monoisotopic (exact) mass is 482 g/mol. The number of H-pyrrole nitrogens is 1. The van der Waals surface area contributed by atoms with Crippen LogP contribution in [0.5, 0.6) is 5.75 Å². The second-order valence-corrected chi connectivity index (χ2v) is 10.4. The van der Waals surface area contributed by atoms with Gasteiger partial charge in [0, 0.05) is 12.7 Å². The highest BCUT2D eigenvalue weighted by Gasteiger charge is 2.19. The second kappa shape index (κ2) is 8.22. The summed E-state index contributed by atoms with van der Waals surface area (Å²) in [5, 5.41) is 7.38. The lowest BCUT2D eigenvalue weighted by Gasteiger charge is -2.18. The van der Waals surface area contributed by atoms with Crippen LogP contribution in [0, 0.1) is 0 Å². The van der Waals surface area contributed by atoms with E-state index in [9.17, 15) is 13.8 Å². The molecular weight excluding hydrogens is 464 g/mol. The van der Waals surface area contributed by atoms with Crippen molar-refractivity contribution in [2.75, 3.05) is 16.6 Å². The molecule has 10 nitrogen and oxygen atoms in total. The van der Waals surface area contributed by atoms with Crippen molar-refractivity contribution in [3.05, 3.63) is 59.5 Å². The van der Waals surface area contributed by atoms with Crippen molar-refractivity contribution in [3.8, 4) is 5.75 Å². The third-order valence-corrected chi connectivity index (χ3v) is 8.00. The van der Waals surface area contributed by atoms with Crippen molar-refractivity contribution in [3.63, 3.8) is 0 Å². The van der Waals surface area contributed by atoms with E-state index >= 15 is 0 Å². The molecule has 1 unspecified atom stereocenters. The van der Waals surface area contributed by atoms with Gasteiger partial charge in [-0.25, -0.2) is 14.2 Å². The zero-order valence-corrected chi connectivity index (χ0v) is 18.7. The molecule has 1 atom stereocenters. The summed E-state index contributed by atoms with van der Waals surface area (Å²) in [6, 6.07) is 8.84. The minimum atomic E-state index is -2.77. The molecule has 1 aromatic carbocycles. The molecule has 4 aromatic rings. The van der Waals surface area contributed by atoms with Crippen molar-refractivity contribution < 1.29 is 18.5 Å². The van der Waals surface area contributed by atoms with Gasteiger partial charge in [-0.2, -0.15) is 0 Å². The first kappa shape index (κ1) is 21.0. The van der Waals surface area contributed by atoms with E-state index in [1.54, 1.807) is 36.5 Å². The van der Waals surface area contributed by atoms with E-state index in [1.807, 2.05) is 5.38 Å². The molecule has 0 saturated heterocycles. The van der Waals surface area contributed by atoms with Crippen LogP contribution in [0.2, 0.25) is 0 Å². The van der Waals surface area contributed by atoms with Crippen LogP contribution in [0.25, 0.3) is 11.0 Å². The number of carbonyl (C=O) groups excluding carboxylic acids is 2. The average Bonchev–Trinajstić information content (AvgIpc) is 3.48. The Kier molecular flexibility index (Phi) is 5.23. The average molecular weight is 483 g/mol. The molecule has 1 aliphatic rings. The van der Waals surface area contributed by atoms with Gasteiger partial charge < -0.3 is 25.1 Å². The van der Waals surface area contributed by atoms with Crippen molar-refractivity contribution in [2.45, 2.75) is 10.8 Å². The molecule has 0 bridgehead atoms. The van der Waals surface area contributed by atoms with Crippen LogP contribution in [-0.2, 0) is 21.0 Å². The topological polar surface area (TPSA) is 138 Å². The number of hydrogen-bond acceptors (Lipinski definition) is 7. The smallest absolute Gasteiger partial charge is 0.272 e. The molecular formula is C21H18N6O4S2.